The molecule has 0 aliphatic heterocycles. The van der Waals surface area contributed by atoms with Crippen molar-refractivity contribution in [3.63, 3.8) is 0 Å². The first-order valence-electron chi connectivity index (χ1n) is 11.1. The Balaban J connectivity index is 1.40. The maximum Gasteiger partial charge on any atom is 0.408 e. The van der Waals surface area contributed by atoms with Gasteiger partial charge >= 0.3 is 12.2 Å². The van der Waals surface area contributed by atoms with Crippen LogP contribution >= 0.6 is 0 Å². The van der Waals surface area contributed by atoms with Gasteiger partial charge in [-0.05, 0) is 30.5 Å². The van der Waals surface area contributed by atoms with Crippen molar-refractivity contribution in [2.75, 3.05) is 14.2 Å². The monoisotopic (exact) mass is 514 g/mol. The van der Waals surface area contributed by atoms with E-state index >= 15 is 0 Å². The molecule has 5 aromatic rings. The molecule has 5 heterocycles. The molecule has 1 unspecified atom stereocenters. The van der Waals surface area contributed by atoms with Gasteiger partial charge in [-0.25, -0.2) is 19.6 Å². The maximum absolute atomic E-state index is 14.6. The van der Waals surface area contributed by atoms with E-state index in [2.05, 4.69) is 30.1 Å². The summed E-state index contributed by atoms with van der Waals surface area (Å²) in [6.45, 7) is -1.23. The Morgan fingerprint density at radius 2 is 1.84 bits per heavy atom. The molecule has 0 radical (unpaired) electrons. The zero-order chi connectivity index (χ0) is 25.9. The molecule has 1 aliphatic carbocycles. The van der Waals surface area contributed by atoms with E-state index in [4.69, 9.17) is 9.47 Å². The molecule has 2 atom stereocenters. The van der Waals surface area contributed by atoms with Gasteiger partial charge in [-0.15, -0.1) is 0 Å². The normalized spacial score (nSPS) is 17.5. The van der Waals surface area contributed by atoms with Crippen LogP contribution in [0.2, 0.25) is 0 Å². The number of pyridine rings is 1. The summed E-state index contributed by atoms with van der Waals surface area (Å²) in [6.07, 6.45) is 0.136. The van der Waals surface area contributed by atoms with E-state index in [9.17, 15) is 17.6 Å². The molecule has 0 spiro atoms. The zero-order valence-corrected chi connectivity index (χ0v) is 19.4. The topological polar surface area (TPSA) is 105 Å². The number of halogens is 4. The van der Waals surface area contributed by atoms with Gasteiger partial charge in [-0.1, -0.05) is 0 Å². The number of rotatable bonds is 6. The lowest BCUT2D eigenvalue weighted by Gasteiger charge is -2.11. The molecule has 0 bridgehead atoms. The SMILES string of the molecule is COc1ncc(-c2cc(C3C[C@@H]3c3ccc4cnn(CC(F)(F)F)c4n3)c3ncc(F)n3n2)c(OC)n1. The molecule has 37 heavy (non-hydrogen) atoms. The number of fused-ring (bicyclic) bond motifs is 2. The Morgan fingerprint density at radius 3 is 2.59 bits per heavy atom. The number of hydrogen-bond donors (Lipinski definition) is 0. The molecule has 0 aromatic carbocycles. The predicted octanol–water partition coefficient (Wildman–Crippen LogP) is 3.92. The first-order chi connectivity index (χ1) is 17.8. The van der Waals surface area contributed by atoms with E-state index in [-0.39, 0.29) is 29.4 Å². The van der Waals surface area contributed by atoms with Crippen LogP contribution in [0.4, 0.5) is 17.6 Å². The van der Waals surface area contributed by atoms with Crippen molar-refractivity contribution in [1.29, 1.82) is 0 Å². The number of ether oxygens (including phenoxy) is 2. The predicted molar refractivity (Wildman–Crippen MR) is 121 cm³/mol. The van der Waals surface area contributed by atoms with Crippen LogP contribution in [0.15, 0.2) is 36.8 Å². The lowest BCUT2D eigenvalue weighted by atomic mass is 10.1. The zero-order valence-electron chi connectivity index (χ0n) is 19.4. The molecular weight excluding hydrogens is 496 g/mol. The van der Waals surface area contributed by atoms with Crippen molar-refractivity contribution < 1.29 is 27.0 Å². The van der Waals surface area contributed by atoms with Crippen LogP contribution in [0.5, 0.6) is 11.9 Å². The minimum Gasteiger partial charge on any atom is -0.480 e. The number of alkyl halides is 3. The smallest absolute Gasteiger partial charge is 0.408 e. The van der Waals surface area contributed by atoms with Crippen molar-refractivity contribution in [2.45, 2.75) is 31.0 Å². The highest BCUT2D eigenvalue weighted by Crippen LogP contribution is 2.55. The Morgan fingerprint density at radius 1 is 1.00 bits per heavy atom. The van der Waals surface area contributed by atoms with E-state index in [1.165, 1.54) is 26.6 Å². The van der Waals surface area contributed by atoms with Crippen molar-refractivity contribution in [3.8, 4) is 23.1 Å². The van der Waals surface area contributed by atoms with Crippen LogP contribution in [0.25, 0.3) is 27.9 Å². The largest absolute Gasteiger partial charge is 0.480 e. The summed E-state index contributed by atoms with van der Waals surface area (Å²) in [7, 11) is 2.86. The summed E-state index contributed by atoms with van der Waals surface area (Å²) in [5, 5.41) is 8.71. The van der Waals surface area contributed by atoms with Gasteiger partial charge in [0.25, 0.3) is 0 Å². The first kappa shape index (κ1) is 23.1. The summed E-state index contributed by atoms with van der Waals surface area (Å²) in [5.74, 6) is -0.673. The summed E-state index contributed by atoms with van der Waals surface area (Å²) >= 11 is 0. The Labute approximate surface area is 205 Å². The molecule has 0 N–H and O–H groups in total. The van der Waals surface area contributed by atoms with Gasteiger partial charge in [0.1, 0.15) is 6.54 Å². The van der Waals surface area contributed by atoms with Crippen LogP contribution in [0.3, 0.4) is 0 Å². The number of nitrogens with zero attached hydrogens (tertiary/aromatic N) is 8. The van der Waals surface area contributed by atoms with E-state index in [0.29, 0.717) is 40.0 Å². The maximum atomic E-state index is 14.6. The molecule has 0 amide bonds. The molecule has 1 saturated carbocycles. The molecule has 1 aliphatic rings. The second-order valence-corrected chi connectivity index (χ2v) is 8.60. The third-order valence-corrected chi connectivity index (χ3v) is 6.24. The average molecular weight is 514 g/mol. The molecule has 14 heteroatoms. The highest BCUT2D eigenvalue weighted by Gasteiger charge is 2.43. The van der Waals surface area contributed by atoms with E-state index in [1.807, 2.05) is 0 Å². The van der Waals surface area contributed by atoms with Gasteiger partial charge in [0.2, 0.25) is 11.8 Å². The molecule has 10 nitrogen and oxygen atoms in total. The number of hydrogen-bond acceptors (Lipinski definition) is 8. The van der Waals surface area contributed by atoms with Crippen LogP contribution < -0.4 is 9.47 Å². The van der Waals surface area contributed by atoms with E-state index in [0.717, 1.165) is 15.4 Å². The summed E-state index contributed by atoms with van der Waals surface area (Å²) in [5.41, 5.74) is 2.61. The molecule has 6 rings (SSSR count). The van der Waals surface area contributed by atoms with Gasteiger partial charge in [-0.3, -0.25) is 0 Å². The Bertz CT molecular complexity index is 1650. The fraction of sp³-hybridized carbons (Fsp3) is 0.304. The molecule has 5 aromatic heterocycles. The fourth-order valence-corrected chi connectivity index (χ4v) is 4.48. The number of imidazole rings is 1. The van der Waals surface area contributed by atoms with Crippen molar-refractivity contribution in [1.82, 2.24) is 39.3 Å². The Kier molecular flexibility index (Phi) is 5.21. The van der Waals surface area contributed by atoms with Crippen LogP contribution in [-0.2, 0) is 6.54 Å². The van der Waals surface area contributed by atoms with Crippen molar-refractivity contribution in [2.24, 2.45) is 0 Å². The van der Waals surface area contributed by atoms with Gasteiger partial charge < -0.3 is 9.47 Å². The van der Waals surface area contributed by atoms with Gasteiger partial charge in [0.15, 0.2) is 11.3 Å². The molecule has 1 fully saturated rings. The minimum absolute atomic E-state index is 0.101. The van der Waals surface area contributed by atoms with Gasteiger partial charge in [0.05, 0.1) is 37.9 Å². The summed E-state index contributed by atoms with van der Waals surface area (Å²) in [6, 6.07) is 5.35. The number of aromatic nitrogens is 8. The summed E-state index contributed by atoms with van der Waals surface area (Å²) in [4.78, 5) is 17.0. The molecule has 190 valence electrons. The second kappa shape index (κ2) is 8.35. The van der Waals surface area contributed by atoms with Gasteiger partial charge in [0, 0.05) is 28.8 Å². The quantitative estimate of drug-likeness (QED) is 0.314. The van der Waals surface area contributed by atoms with Gasteiger partial charge in [-0.2, -0.15) is 37.3 Å². The minimum atomic E-state index is -4.42. The lowest BCUT2D eigenvalue weighted by molar-refractivity contribution is -0.141. The van der Waals surface area contributed by atoms with E-state index in [1.54, 1.807) is 18.2 Å². The van der Waals surface area contributed by atoms with E-state index < -0.39 is 18.7 Å². The Hall–Kier alpha value is -4.36. The second-order valence-electron chi connectivity index (χ2n) is 8.60. The molecule has 0 saturated heterocycles. The van der Waals surface area contributed by atoms with Crippen LogP contribution in [-0.4, -0.2) is 59.7 Å². The highest BCUT2D eigenvalue weighted by molar-refractivity contribution is 5.75. The summed E-state index contributed by atoms with van der Waals surface area (Å²) < 4.78 is 65.8. The fourth-order valence-electron chi connectivity index (χ4n) is 4.48. The lowest BCUT2D eigenvalue weighted by Crippen LogP contribution is -2.18. The third-order valence-electron chi connectivity index (χ3n) is 6.24. The number of methoxy groups -OCH3 is 2. The van der Waals surface area contributed by atoms with Crippen LogP contribution in [0.1, 0.15) is 29.5 Å². The third kappa shape index (κ3) is 4.07. The van der Waals surface area contributed by atoms with Crippen molar-refractivity contribution >= 4 is 16.7 Å². The average Bonchev–Trinajstić information content (AvgIpc) is 3.47. The van der Waals surface area contributed by atoms with Crippen LogP contribution in [0, 0.1) is 5.95 Å². The van der Waals surface area contributed by atoms with Crippen molar-refractivity contribution in [3.05, 3.63) is 54.0 Å². The molecular formula is C23H18F4N8O2. The first-order valence-corrected chi connectivity index (χ1v) is 11.1. The highest BCUT2D eigenvalue weighted by atomic mass is 19.4. The standard InChI is InChI=1S/C23H18F4N8O2/c1-36-21-15(8-29-22(32-21)37-2)17-6-14(20-28-9-18(24)35(20)33-17)12-5-13(12)16-4-3-11-7-30-34(19(11)31-16)10-23(25,26)27/h3-4,6-9,12-13H,5,10H2,1-2H3/t12?,13-/m0/s1.